The second-order valence-corrected chi connectivity index (χ2v) is 11.4. The molecule has 0 bridgehead atoms. The maximum Gasteiger partial charge on any atom is 0.246 e. The number of primary amides is 1. The molecule has 0 spiro atoms. The number of methoxy groups -OCH3 is 2. The molecule has 0 aliphatic carbocycles. The van der Waals surface area contributed by atoms with Gasteiger partial charge in [-0.3, -0.25) is 9.69 Å². The van der Waals surface area contributed by atoms with Gasteiger partial charge in [-0.15, -0.1) is 0 Å². The first-order valence-corrected chi connectivity index (χ1v) is 13.8. The van der Waals surface area contributed by atoms with Crippen molar-refractivity contribution in [2.75, 3.05) is 45.7 Å². The number of benzene rings is 2. The molecule has 11 nitrogen and oxygen atoms in total. The lowest BCUT2D eigenvalue weighted by molar-refractivity contribution is -0.119. The van der Waals surface area contributed by atoms with E-state index in [1.54, 1.807) is 12.1 Å². The van der Waals surface area contributed by atoms with Gasteiger partial charge in [0.2, 0.25) is 15.9 Å². The molecule has 1 aromatic heterocycles. The Morgan fingerprint density at radius 2 is 1.76 bits per heavy atom. The zero-order valence-corrected chi connectivity index (χ0v) is 22.9. The molecule has 1 saturated heterocycles. The van der Waals surface area contributed by atoms with E-state index in [0.717, 1.165) is 10.9 Å². The molecular formula is C26H34N6O5S. The first kappa shape index (κ1) is 27.6. The highest BCUT2D eigenvalue weighted by Crippen LogP contribution is 2.31. The summed E-state index contributed by atoms with van der Waals surface area (Å²) in [4.78, 5) is 23.6. The number of carbonyl (C=O) groups is 1. The Hall–Kier alpha value is -3.48. The van der Waals surface area contributed by atoms with Crippen LogP contribution in [0.25, 0.3) is 10.9 Å². The summed E-state index contributed by atoms with van der Waals surface area (Å²) in [6.07, 6.45) is 0. The van der Waals surface area contributed by atoms with Crippen molar-refractivity contribution in [3.8, 4) is 11.5 Å². The average Bonchev–Trinajstić information content (AvgIpc) is 2.91. The molecule has 204 valence electrons. The minimum atomic E-state index is -3.78. The van der Waals surface area contributed by atoms with Crippen molar-refractivity contribution in [1.82, 2.24) is 19.2 Å². The Bertz CT molecular complexity index is 1410. The number of nitrogens with two attached hydrogens (primary N) is 1. The van der Waals surface area contributed by atoms with Gasteiger partial charge in [-0.1, -0.05) is 26.0 Å². The number of rotatable bonds is 10. The standard InChI is InChI=1S/C26H34N6O5S/c1-17(2)24(25(27)33)30-26-19-7-5-6-8-20(19)28-23(29-26)16-31-11-13-32(14-12-31)38(34,35)22-15-18(36-3)9-10-21(22)37-4/h5-10,15,17,24H,11-14,16H2,1-4H3,(H2,27,33)(H,28,29,30)/t24-/m0/s1. The van der Waals surface area contributed by atoms with Gasteiger partial charge < -0.3 is 20.5 Å². The van der Waals surface area contributed by atoms with Crippen LogP contribution in [0.3, 0.4) is 0 Å². The smallest absolute Gasteiger partial charge is 0.246 e. The summed E-state index contributed by atoms with van der Waals surface area (Å²) in [7, 11) is -0.850. The number of amides is 1. The molecule has 1 fully saturated rings. The Labute approximate surface area is 223 Å². The number of nitrogens with one attached hydrogen (secondary N) is 1. The Kier molecular flexibility index (Phi) is 8.34. The number of hydrogen-bond acceptors (Lipinski definition) is 9. The molecule has 4 rings (SSSR count). The summed E-state index contributed by atoms with van der Waals surface area (Å²) in [5, 5.41) is 4.01. The van der Waals surface area contributed by atoms with E-state index in [2.05, 4.69) is 10.2 Å². The highest BCUT2D eigenvalue weighted by molar-refractivity contribution is 7.89. The van der Waals surface area contributed by atoms with E-state index in [0.29, 0.717) is 50.1 Å². The number of anilines is 1. The molecule has 2 heterocycles. The van der Waals surface area contributed by atoms with E-state index in [-0.39, 0.29) is 16.6 Å². The predicted octanol–water partition coefficient (Wildman–Crippen LogP) is 2.08. The van der Waals surface area contributed by atoms with Gasteiger partial charge in [-0.05, 0) is 30.2 Å². The van der Waals surface area contributed by atoms with Gasteiger partial charge in [0.15, 0.2) is 0 Å². The zero-order valence-electron chi connectivity index (χ0n) is 22.0. The van der Waals surface area contributed by atoms with Gasteiger partial charge in [0.25, 0.3) is 0 Å². The summed E-state index contributed by atoms with van der Waals surface area (Å²) in [5.41, 5.74) is 6.37. The molecule has 2 aromatic carbocycles. The quantitative estimate of drug-likeness (QED) is 0.394. The number of aromatic nitrogens is 2. The second kappa shape index (κ2) is 11.5. The van der Waals surface area contributed by atoms with Crippen LogP contribution in [0.5, 0.6) is 11.5 Å². The van der Waals surface area contributed by atoms with Crippen LogP contribution in [0.15, 0.2) is 47.4 Å². The maximum atomic E-state index is 13.4. The molecule has 0 saturated carbocycles. The fraction of sp³-hybridized carbons (Fsp3) is 0.423. The molecule has 38 heavy (non-hydrogen) atoms. The fourth-order valence-electron chi connectivity index (χ4n) is 4.47. The van der Waals surface area contributed by atoms with E-state index in [1.165, 1.54) is 24.6 Å². The number of nitrogens with zero attached hydrogens (tertiary/aromatic N) is 4. The van der Waals surface area contributed by atoms with Crippen LogP contribution in [0, 0.1) is 5.92 Å². The first-order valence-electron chi connectivity index (χ1n) is 12.4. The van der Waals surface area contributed by atoms with Crippen LogP contribution in [0.2, 0.25) is 0 Å². The number of fused-ring (bicyclic) bond motifs is 1. The first-order chi connectivity index (χ1) is 18.1. The summed E-state index contributed by atoms with van der Waals surface area (Å²) in [5.74, 6) is 1.36. The van der Waals surface area contributed by atoms with Gasteiger partial charge >= 0.3 is 0 Å². The van der Waals surface area contributed by atoms with Crippen LogP contribution in [0.4, 0.5) is 5.82 Å². The topological polar surface area (TPSA) is 140 Å². The lowest BCUT2D eigenvalue weighted by Crippen LogP contribution is -2.48. The monoisotopic (exact) mass is 542 g/mol. The third-order valence-electron chi connectivity index (χ3n) is 6.60. The van der Waals surface area contributed by atoms with E-state index >= 15 is 0 Å². The Balaban J connectivity index is 1.51. The van der Waals surface area contributed by atoms with Crippen molar-refractivity contribution in [1.29, 1.82) is 0 Å². The number of sulfonamides is 1. The van der Waals surface area contributed by atoms with Crippen LogP contribution < -0.4 is 20.5 Å². The molecular weight excluding hydrogens is 508 g/mol. The summed E-state index contributed by atoms with van der Waals surface area (Å²) in [6, 6.07) is 11.7. The lowest BCUT2D eigenvalue weighted by atomic mass is 10.0. The number of para-hydroxylation sites is 1. The van der Waals surface area contributed by atoms with Gasteiger partial charge in [-0.25, -0.2) is 18.4 Å². The molecule has 0 unspecified atom stereocenters. The largest absolute Gasteiger partial charge is 0.497 e. The molecule has 1 amide bonds. The molecule has 1 aliphatic heterocycles. The van der Waals surface area contributed by atoms with Gasteiger partial charge in [0, 0.05) is 37.6 Å². The van der Waals surface area contributed by atoms with Crippen molar-refractivity contribution in [3.63, 3.8) is 0 Å². The Morgan fingerprint density at radius 1 is 1.05 bits per heavy atom. The second-order valence-electron chi connectivity index (χ2n) is 9.47. The summed E-state index contributed by atoms with van der Waals surface area (Å²) in [6.45, 7) is 5.87. The van der Waals surface area contributed by atoms with Crippen molar-refractivity contribution < 1.29 is 22.7 Å². The normalized spacial score (nSPS) is 15.9. The highest BCUT2D eigenvalue weighted by Gasteiger charge is 2.31. The number of piperazine rings is 1. The van der Waals surface area contributed by atoms with Gasteiger partial charge in [-0.2, -0.15) is 4.31 Å². The van der Waals surface area contributed by atoms with Crippen molar-refractivity contribution >= 4 is 32.7 Å². The molecule has 1 atom stereocenters. The minimum absolute atomic E-state index is 0.0251. The molecule has 3 N–H and O–H groups in total. The third-order valence-corrected chi connectivity index (χ3v) is 8.52. The fourth-order valence-corrected chi connectivity index (χ4v) is 6.06. The van der Waals surface area contributed by atoms with E-state index < -0.39 is 22.0 Å². The highest BCUT2D eigenvalue weighted by atomic mass is 32.2. The SMILES string of the molecule is COc1ccc(OC)c(S(=O)(=O)N2CCN(Cc3nc(N[C@H](C(N)=O)C(C)C)c4ccccc4n3)CC2)c1. The number of ether oxygens (including phenoxy) is 2. The molecule has 0 radical (unpaired) electrons. The van der Waals surface area contributed by atoms with E-state index in [4.69, 9.17) is 25.2 Å². The third kappa shape index (κ3) is 5.82. The van der Waals surface area contributed by atoms with Crippen LogP contribution in [0.1, 0.15) is 19.7 Å². The summed E-state index contributed by atoms with van der Waals surface area (Å²) < 4.78 is 38.8. The lowest BCUT2D eigenvalue weighted by Gasteiger charge is -2.33. The number of hydrogen-bond donors (Lipinski definition) is 2. The van der Waals surface area contributed by atoms with E-state index in [1.807, 2.05) is 38.1 Å². The predicted molar refractivity (Wildman–Crippen MR) is 145 cm³/mol. The maximum absolute atomic E-state index is 13.4. The van der Waals surface area contributed by atoms with Crippen molar-refractivity contribution in [2.24, 2.45) is 11.7 Å². The summed E-state index contributed by atoms with van der Waals surface area (Å²) >= 11 is 0. The van der Waals surface area contributed by atoms with Crippen molar-refractivity contribution in [2.45, 2.75) is 31.3 Å². The van der Waals surface area contributed by atoms with Crippen LogP contribution >= 0.6 is 0 Å². The Morgan fingerprint density at radius 3 is 2.39 bits per heavy atom. The van der Waals surface area contributed by atoms with E-state index in [9.17, 15) is 13.2 Å². The van der Waals surface area contributed by atoms with Crippen molar-refractivity contribution in [3.05, 3.63) is 48.3 Å². The zero-order chi connectivity index (χ0) is 27.4. The molecule has 3 aromatic rings. The molecule has 12 heteroatoms. The van der Waals surface area contributed by atoms with Crippen LogP contribution in [-0.2, 0) is 21.4 Å². The molecule has 1 aliphatic rings. The van der Waals surface area contributed by atoms with Gasteiger partial charge in [0.1, 0.15) is 34.1 Å². The van der Waals surface area contributed by atoms with Gasteiger partial charge in [0.05, 0.1) is 26.3 Å². The number of carbonyl (C=O) groups excluding carboxylic acids is 1. The van der Waals surface area contributed by atoms with Crippen LogP contribution in [-0.4, -0.2) is 79.9 Å². The average molecular weight is 543 g/mol. The minimum Gasteiger partial charge on any atom is -0.497 e.